The van der Waals surface area contributed by atoms with Gasteiger partial charge in [0, 0.05) is 0 Å². The summed E-state index contributed by atoms with van der Waals surface area (Å²) < 4.78 is 10.4. The lowest BCUT2D eigenvalue weighted by Gasteiger charge is -2.35. The van der Waals surface area contributed by atoms with E-state index in [-0.39, 0.29) is 0 Å². The fourth-order valence-corrected chi connectivity index (χ4v) is 2.49. The van der Waals surface area contributed by atoms with E-state index in [4.69, 9.17) is 0 Å². The van der Waals surface area contributed by atoms with Crippen molar-refractivity contribution in [3.05, 3.63) is 0 Å². The summed E-state index contributed by atoms with van der Waals surface area (Å²) in [6, 6.07) is 0. The molecule has 1 aliphatic heterocycles. The minimum Gasteiger partial charge on any atom is -0.616 e. The van der Waals surface area contributed by atoms with Crippen LogP contribution in [-0.4, -0.2) is 16.1 Å². The van der Waals surface area contributed by atoms with Gasteiger partial charge in [-0.25, -0.2) is 0 Å². The van der Waals surface area contributed by atoms with E-state index in [0.717, 1.165) is 11.5 Å². The molecule has 0 aromatic heterocycles. The lowest BCUT2D eigenvalue weighted by molar-refractivity contribution is 0.411. The van der Waals surface area contributed by atoms with Crippen LogP contribution in [0.25, 0.3) is 0 Å². The van der Waals surface area contributed by atoms with Gasteiger partial charge in [-0.15, -0.1) is 0 Å². The van der Waals surface area contributed by atoms with E-state index in [1.165, 1.54) is 0 Å². The molecular formula is C5H10OS. The molecule has 0 saturated carbocycles. The highest BCUT2D eigenvalue weighted by Crippen LogP contribution is 2.30. The summed E-state index contributed by atoms with van der Waals surface area (Å²) in [5.41, 5.74) is 0.394. The Morgan fingerprint density at radius 1 is 1.43 bits per heavy atom. The normalized spacial score (nSPS) is 29.6. The van der Waals surface area contributed by atoms with Crippen LogP contribution >= 0.6 is 0 Å². The third-order valence-corrected chi connectivity index (χ3v) is 3.31. The summed E-state index contributed by atoms with van der Waals surface area (Å²) in [5, 5.41) is 0. The maximum atomic E-state index is 10.4. The zero-order valence-corrected chi connectivity index (χ0v) is 5.55. The fraction of sp³-hybridized carbons (Fsp3) is 1.00. The van der Waals surface area contributed by atoms with E-state index in [1.807, 2.05) is 0 Å². The summed E-state index contributed by atoms with van der Waals surface area (Å²) in [6.07, 6.45) is 0. The van der Waals surface area contributed by atoms with E-state index in [9.17, 15) is 4.55 Å². The van der Waals surface area contributed by atoms with E-state index in [1.54, 1.807) is 0 Å². The van der Waals surface area contributed by atoms with Gasteiger partial charge in [-0.1, -0.05) is 25.0 Å². The number of rotatable bonds is 0. The van der Waals surface area contributed by atoms with Crippen molar-refractivity contribution in [2.24, 2.45) is 5.41 Å². The molecule has 1 heterocycles. The Labute approximate surface area is 47.3 Å². The van der Waals surface area contributed by atoms with Crippen LogP contribution in [-0.2, 0) is 11.2 Å². The Bertz CT molecular complexity index is 72.1. The van der Waals surface area contributed by atoms with Crippen LogP contribution < -0.4 is 0 Å². The topological polar surface area (TPSA) is 23.1 Å². The van der Waals surface area contributed by atoms with Crippen LogP contribution in [0.4, 0.5) is 0 Å². The highest BCUT2D eigenvalue weighted by molar-refractivity contribution is 7.92. The van der Waals surface area contributed by atoms with Crippen molar-refractivity contribution in [2.75, 3.05) is 11.5 Å². The van der Waals surface area contributed by atoms with Crippen LogP contribution in [0.1, 0.15) is 13.8 Å². The van der Waals surface area contributed by atoms with Gasteiger partial charge >= 0.3 is 0 Å². The maximum Gasteiger partial charge on any atom is 0.115 e. The highest BCUT2D eigenvalue weighted by Gasteiger charge is 2.39. The Balaban J connectivity index is 2.29. The van der Waals surface area contributed by atoms with E-state index < -0.39 is 11.2 Å². The molecule has 0 amide bonds. The largest absolute Gasteiger partial charge is 0.616 e. The summed E-state index contributed by atoms with van der Waals surface area (Å²) in [6.45, 7) is 4.29. The van der Waals surface area contributed by atoms with Crippen LogP contribution in [0.3, 0.4) is 0 Å². The smallest absolute Gasteiger partial charge is 0.115 e. The molecule has 7 heavy (non-hydrogen) atoms. The molecule has 0 bridgehead atoms. The molecule has 1 nitrogen and oxygen atoms in total. The van der Waals surface area contributed by atoms with Gasteiger partial charge in [-0.05, 0) is 0 Å². The molecule has 2 heteroatoms. The van der Waals surface area contributed by atoms with Gasteiger partial charge in [0.15, 0.2) is 0 Å². The van der Waals surface area contributed by atoms with Gasteiger partial charge in [-0.3, -0.25) is 0 Å². The predicted molar refractivity (Wildman–Crippen MR) is 31.7 cm³/mol. The van der Waals surface area contributed by atoms with Crippen molar-refractivity contribution in [2.45, 2.75) is 13.8 Å². The van der Waals surface area contributed by atoms with Gasteiger partial charge in [0.05, 0.1) is 5.41 Å². The average Bonchev–Trinajstić information content (AvgIpc) is 1.27. The van der Waals surface area contributed by atoms with Gasteiger partial charge in [0.25, 0.3) is 0 Å². The van der Waals surface area contributed by atoms with E-state index >= 15 is 0 Å². The first-order valence-corrected chi connectivity index (χ1v) is 3.94. The standard InChI is InChI=1S/C5H10OS/c1-5(2)3-7(6)4-5/h3-4H2,1-2H3. The summed E-state index contributed by atoms with van der Waals surface area (Å²) in [7, 11) is 0. The van der Waals surface area contributed by atoms with Crippen molar-refractivity contribution in [1.29, 1.82) is 0 Å². The Morgan fingerprint density at radius 2 is 1.86 bits per heavy atom. The zero-order chi connectivity index (χ0) is 5.49. The molecule has 0 spiro atoms. The lowest BCUT2D eigenvalue weighted by Crippen LogP contribution is -2.43. The lowest BCUT2D eigenvalue weighted by atomic mass is 9.99. The first-order valence-electron chi connectivity index (χ1n) is 2.45. The Kier molecular flexibility index (Phi) is 1.08. The molecule has 0 aliphatic carbocycles. The van der Waals surface area contributed by atoms with Crippen LogP contribution in [0.2, 0.25) is 0 Å². The van der Waals surface area contributed by atoms with Crippen molar-refractivity contribution in [1.82, 2.24) is 0 Å². The molecule has 0 N–H and O–H groups in total. The molecular weight excluding hydrogens is 108 g/mol. The molecule has 1 aliphatic rings. The van der Waals surface area contributed by atoms with Crippen molar-refractivity contribution in [3.8, 4) is 0 Å². The van der Waals surface area contributed by atoms with E-state index in [0.29, 0.717) is 5.41 Å². The Morgan fingerprint density at radius 3 is 1.86 bits per heavy atom. The SMILES string of the molecule is CC1(C)C[S+]([O-])C1. The second kappa shape index (κ2) is 1.39. The molecule has 0 aromatic carbocycles. The highest BCUT2D eigenvalue weighted by atomic mass is 32.2. The second-order valence-corrected chi connectivity index (χ2v) is 4.35. The molecule has 0 atom stereocenters. The molecule has 0 radical (unpaired) electrons. The minimum atomic E-state index is -0.461. The summed E-state index contributed by atoms with van der Waals surface area (Å²) in [4.78, 5) is 0. The van der Waals surface area contributed by atoms with Crippen molar-refractivity contribution in [3.63, 3.8) is 0 Å². The van der Waals surface area contributed by atoms with Crippen LogP contribution in [0.15, 0.2) is 0 Å². The molecule has 1 rings (SSSR count). The van der Waals surface area contributed by atoms with Crippen molar-refractivity contribution < 1.29 is 4.55 Å². The predicted octanol–water partition coefficient (Wildman–Crippen LogP) is 0.775. The molecule has 1 fully saturated rings. The zero-order valence-electron chi connectivity index (χ0n) is 4.73. The summed E-state index contributed by atoms with van der Waals surface area (Å²) in [5.74, 6) is 1.82. The van der Waals surface area contributed by atoms with Gasteiger partial charge < -0.3 is 4.55 Å². The van der Waals surface area contributed by atoms with Gasteiger partial charge in [0.2, 0.25) is 0 Å². The van der Waals surface area contributed by atoms with Crippen LogP contribution in [0, 0.1) is 5.41 Å². The first-order chi connectivity index (χ1) is 3.10. The minimum absolute atomic E-state index is 0.394. The molecule has 1 saturated heterocycles. The number of hydrogen-bond donors (Lipinski definition) is 0. The quantitative estimate of drug-likeness (QED) is 0.431. The molecule has 0 unspecified atom stereocenters. The molecule has 0 aromatic rings. The maximum absolute atomic E-state index is 10.4. The average molecular weight is 118 g/mol. The third kappa shape index (κ3) is 1.10. The van der Waals surface area contributed by atoms with Crippen molar-refractivity contribution >= 4 is 11.2 Å². The number of hydrogen-bond acceptors (Lipinski definition) is 1. The first kappa shape index (κ1) is 5.45. The van der Waals surface area contributed by atoms with Crippen LogP contribution in [0.5, 0.6) is 0 Å². The second-order valence-electron chi connectivity index (χ2n) is 2.89. The Hall–Kier alpha value is 0.310. The fourth-order valence-electron chi connectivity index (χ4n) is 0.829. The van der Waals surface area contributed by atoms with Gasteiger partial charge in [0.1, 0.15) is 11.5 Å². The van der Waals surface area contributed by atoms with Gasteiger partial charge in [-0.2, -0.15) is 0 Å². The monoisotopic (exact) mass is 118 g/mol. The molecule has 42 valence electrons. The van der Waals surface area contributed by atoms with E-state index in [2.05, 4.69) is 13.8 Å². The third-order valence-electron chi connectivity index (χ3n) is 1.10. The summed E-state index contributed by atoms with van der Waals surface area (Å²) >= 11 is -0.461.